The lowest BCUT2D eigenvalue weighted by Gasteiger charge is -2.57. The van der Waals surface area contributed by atoms with Gasteiger partial charge in [-0.2, -0.15) is 0 Å². The molecule has 8 bridgehead atoms. The molecular formula is C44H54O4. The van der Waals surface area contributed by atoms with Gasteiger partial charge in [-0.3, -0.25) is 0 Å². The first-order valence-corrected chi connectivity index (χ1v) is 19.8. The summed E-state index contributed by atoms with van der Waals surface area (Å²) < 4.78 is 12.8. The van der Waals surface area contributed by atoms with Gasteiger partial charge in [0.05, 0.1) is 25.3 Å². The van der Waals surface area contributed by atoms with E-state index in [2.05, 4.69) is 11.8 Å². The topological polar surface area (TPSA) is 58.9 Å². The van der Waals surface area contributed by atoms with Gasteiger partial charge >= 0.3 is 0 Å². The Morgan fingerprint density at radius 3 is 1.06 bits per heavy atom. The van der Waals surface area contributed by atoms with Crippen molar-refractivity contribution in [3.05, 3.63) is 44.5 Å². The lowest BCUT2D eigenvalue weighted by molar-refractivity contribution is -0.00661. The molecule has 0 atom stereocenters. The van der Waals surface area contributed by atoms with E-state index in [1.807, 2.05) is 14.2 Å². The third-order valence-electron chi connectivity index (χ3n) is 15.3. The molecule has 8 saturated carbocycles. The summed E-state index contributed by atoms with van der Waals surface area (Å²) in [6, 6.07) is 0. The summed E-state index contributed by atoms with van der Waals surface area (Å²) in [6.07, 6.45) is 23.4. The molecule has 254 valence electrons. The minimum Gasteiger partial charge on any atom is -0.507 e. The summed E-state index contributed by atoms with van der Waals surface area (Å²) in [4.78, 5) is 0. The molecule has 10 aliphatic carbocycles. The number of fused-ring (bicyclic) bond motifs is 2. The molecule has 0 aliphatic heterocycles. The van der Waals surface area contributed by atoms with Gasteiger partial charge in [-0.1, -0.05) is 11.8 Å². The summed E-state index contributed by atoms with van der Waals surface area (Å²) in [5.74, 6) is 15.1. The van der Waals surface area contributed by atoms with Gasteiger partial charge in [-0.25, -0.2) is 0 Å². The van der Waals surface area contributed by atoms with Crippen LogP contribution in [0.5, 0.6) is 23.0 Å². The zero-order chi connectivity index (χ0) is 32.4. The van der Waals surface area contributed by atoms with E-state index < -0.39 is 0 Å². The molecule has 8 fully saturated rings. The predicted molar refractivity (Wildman–Crippen MR) is 188 cm³/mol. The Morgan fingerprint density at radius 2 is 0.771 bits per heavy atom. The number of methoxy groups -OCH3 is 2. The van der Waals surface area contributed by atoms with Crippen LogP contribution in [0.4, 0.5) is 0 Å². The number of ether oxygens (including phenoxy) is 2. The van der Waals surface area contributed by atoms with Gasteiger partial charge in [0.15, 0.2) is 0 Å². The van der Waals surface area contributed by atoms with Crippen LogP contribution in [-0.4, -0.2) is 24.4 Å². The molecule has 0 saturated heterocycles. The molecule has 0 heterocycles. The first-order valence-electron chi connectivity index (χ1n) is 19.8. The highest BCUT2D eigenvalue weighted by Gasteiger charge is 2.55. The average Bonchev–Trinajstić information content (AvgIpc) is 3.06. The van der Waals surface area contributed by atoms with Crippen LogP contribution in [0, 0.1) is 47.3 Å². The zero-order valence-electron chi connectivity index (χ0n) is 29.3. The molecule has 2 N–H and O–H groups in total. The molecular weight excluding hydrogens is 592 g/mol. The number of hydrogen-bond donors (Lipinski definition) is 2. The van der Waals surface area contributed by atoms with Crippen LogP contribution < -0.4 is 9.47 Å². The van der Waals surface area contributed by atoms with Gasteiger partial charge in [0.25, 0.3) is 0 Å². The highest BCUT2D eigenvalue weighted by Crippen LogP contribution is 2.65. The zero-order valence-corrected chi connectivity index (χ0v) is 29.3. The van der Waals surface area contributed by atoms with Crippen LogP contribution in [0.15, 0.2) is 0 Å². The van der Waals surface area contributed by atoms with Gasteiger partial charge in [0, 0.05) is 44.2 Å². The fourth-order valence-electron chi connectivity index (χ4n) is 14.6. The Balaban J connectivity index is 1.22. The fraction of sp³-hybridized carbons (Fsp3) is 0.682. The number of phenolic OH excluding ortho intramolecular Hbond substituents is 2. The number of hydrogen-bond acceptors (Lipinski definition) is 4. The van der Waals surface area contributed by atoms with Crippen LogP contribution >= 0.6 is 0 Å². The van der Waals surface area contributed by atoms with Gasteiger partial charge in [-0.05, 0) is 164 Å². The van der Waals surface area contributed by atoms with E-state index in [9.17, 15) is 10.2 Å². The third-order valence-corrected chi connectivity index (χ3v) is 15.3. The normalized spacial score (nSPS) is 36.7. The van der Waals surface area contributed by atoms with Crippen molar-refractivity contribution in [3.8, 4) is 34.8 Å². The Bertz CT molecular complexity index is 1560. The van der Waals surface area contributed by atoms with E-state index in [4.69, 9.17) is 9.47 Å². The van der Waals surface area contributed by atoms with Crippen molar-refractivity contribution in [2.75, 3.05) is 14.2 Å². The van der Waals surface area contributed by atoms with Crippen LogP contribution in [0.1, 0.15) is 147 Å². The standard InChI is InChI=1S/C44H54O4/c1-47-41-33-9-5-3-7-31(33)39(45)37(43-19-25-13-26(20-43)15-27(14-25)21-43)35(41)11-12-36-38(40(46)32-8-4-6-10-34(32)42(36)48-2)44-22-28-16-29(23-44)18-30(17-28)24-44/h25-30,45-46H,3-10,13-24H2,1-2H3. The van der Waals surface area contributed by atoms with Gasteiger partial charge in [0.2, 0.25) is 0 Å². The van der Waals surface area contributed by atoms with E-state index >= 15 is 0 Å². The molecule has 12 rings (SSSR count). The number of aromatic hydroxyl groups is 2. The second-order valence-corrected chi connectivity index (χ2v) is 18.2. The number of phenols is 2. The lowest BCUT2D eigenvalue weighted by Crippen LogP contribution is -2.49. The monoisotopic (exact) mass is 646 g/mol. The van der Waals surface area contributed by atoms with Crippen molar-refractivity contribution in [3.63, 3.8) is 0 Å². The highest BCUT2D eigenvalue weighted by molar-refractivity contribution is 5.72. The van der Waals surface area contributed by atoms with Crippen LogP contribution in [0.2, 0.25) is 0 Å². The number of benzene rings is 2. The van der Waals surface area contributed by atoms with Gasteiger partial charge in [0.1, 0.15) is 23.0 Å². The van der Waals surface area contributed by atoms with E-state index in [0.29, 0.717) is 11.5 Å². The first kappa shape index (κ1) is 30.1. The summed E-state index contributed by atoms with van der Waals surface area (Å²) in [5.41, 5.74) is 8.69. The van der Waals surface area contributed by atoms with Crippen molar-refractivity contribution in [1.29, 1.82) is 0 Å². The summed E-state index contributed by atoms with van der Waals surface area (Å²) in [6.45, 7) is 0. The molecule has 10 aliphatic rings. The minimum absolute atomic E-state index is 0.0204. The predicted octanol–water partition coefficient (Wildman–Crippen LogP) is 9.21. The SMILES string of the molecule is COc1c(C#Cc2c(OC)c3c(c(O)c2C24CC5CC(CC(C5)C2)C4)CCCC3)c(C23CC4CC(CC(C4)C2)C3)c(O)c2c1CCCC2. The summed E-state index contributed by atoms with van der Waals surface area (Å²) >= 11 is 0. The quantitative estimate of drug-likeness (QED) is 0.325. The van der Waals surface area contributed by atoms with Crippen molar-refractivity contribution in [2.24, 2.45) is 35.5 Å². The molecule has 4 nitrogen and oxygen atoms in total. The second-order valence-electron chi connectivity index (χ2n) is 18.2. The third kappa shape index (κ3) is 4.27. The molecule has 48 heavy (non-hydrogen) atoms. The maximum atomic E-state index is 12.4. The molecule has 0 amide bonds. The molecule has 0 aromatic heterocycles. The van der Waals surface area contributed by atoms with Gasteiger partial charge in [-0.15, -0.1) is 0 Å². The van der Waals surface area contributed by atoms with Crippen LogP contribution in [0.25, 0.3) is 0 Å². The summed E-state index contributed by atoms with van der Waals surface area (Å²) in [7, 11) is 3.64. The molecule has 2 aromatic rings. The van der Waals surface area contributed by atoms with Crippen molar-refractivity contribution in [2.45, 2.75) is 139 Å². The number of rotatable bonds is 4. The largest absolute Gasteiger partial charge is 0.507 e. The molecule has 2 aromatic carbocycles. The van der Waals surface area contributed by atoms with E-state index in [-0.39, 0.29) is 10.8 Å². The Morgan fingerprint density at radius 1 is 0.479 bits per heavy atom. The van der Waals surface area contributed by atoms with Crippen molar-refractivity contribution < 1.29 is 19.7 Å². The molecule has 4 heteroatoms. The lowest BCUT2D eigenvalue weighted by atomic mass is 9.47. The van der Waals surface area contributed by atoms with E-state index in [1.54, 1.807) is 0 Å². The Hall–Kier alpha value is -2.80. The average molecular weight is 647 g/mol. The fourth-order valence-corrected chi connectivity index (χ4v) is 14.6. The maximum absolute atomic E-state index is 12.4. The minimum atomic E-state index is -0.0204. The summed E-state index contributed by atoms with van der Waals surface area (Å²) in [5, 5.41) is 24.8. The highest BCUT2D eigenvalue weighted by atomic mass is 16.5. The molecule has 0 unspecified atom stereocenters. The van der Waals surface area contributed by atoms with Crippen molar-refractivity contribution in [1.82, 2.24) is 0 Å². The van der Waals surface area contributed by atoms with Crippen LogP contribution in [0.3, 0.4) is 0 Å². The Labute approximate surface area is 287 Å². The van der Waals surface area contributed by atoms with Gasteiger partial charge < -0.3 is 19.7 Å². The smallest absolute Gasteiger partial charge is 0.138 e. The second kappa shape index (κ2) is 10.8. The Kier molecular flexibility index (Phi) is 6.79. The van der Waals surface area contributed by atoms with Crippen LogP contribution in [-0.2, 0) is 36.5 Å². The maximum Gasteiger partial charge on any atom is 0.138 e. The first-order chi connectivity index (χ1) is 23.4. The molecule has 0 radical (unpaired) electrons. The molecule has 0 spiro atoms. The van der Waals surface area contributed by atoms with E-state index in [1.165, 1.54) is 88.2 Å². The van der Waals surface area contributed by atoms with E-state index in [0.717, 1.165) is 132 Å². The van der Waals surface area contributed by atoms with Crippen molar-refractivity contribution >= 4 is 0 Å².